The van der Waals surface area contributed by atoms with E-state index in [0.29, 0.717) is 17.6 Å². The lowest BCUT2D eigenvalue weighted by atomic mass is 10.2. The van der Waals surface area contributed by atoms with E-state index in [1.165, 1.54) is 6.33 Å². The van der Waals surface area contributed by atoms with Crippen molar-refractivity contribution in [3.63, 3.8) is 0 Å². The molecule has 0 atom stereocenters. The SMILES string of the molecule is Cc1cc(C)n(-c2nncn2/N=C\c2c(C)nn(Cc3ccccc3)c2Cl)n1. The lowest BCUT2D eigenvalue weighted by Gasteiger charge is -2.03. The van der Waals surface area contributed by atoms with Crippen LogP contribution in [0.4, 0.5) is 0 Å². The maximum Gasteiger partial charge on any atom is 0.273 e. The number of benzene rings is 1. The van der Waals surface area contributed by atoms with Gasteiger partial charge in [0.1, 0.15) is 11.5 Å². The van der Waals surface area contributed by atoms with Gasteiger partial charge in [0.2, 0.25) is 0 Å². The van der Waals surface area contributed by atoms with Gasteiger partial charge in [0.25, 0.3) is 5.95 Å². The zero-order valence-electron chi connectivity index (χ0n) is 15.8. The molecule has 0 fully saturated rings. The van der Waals surface area contributed by atoms with Gasteiger partial charge in [-0.3, -0.25) is 0 Å². The molecule has 8 nitrogen and oxygen atoms in total. The van der Waals surface area contributed by atoms with Gasteiger partial charge in [-0.15, -0.1) is 10.2 Å². The number of hydrogen-bond donors (Lipinski definition) is 0. The summed E-state index contributed by atoms with van der Waals surface area (Å²) >= 11 is 6.56. The minimum Gasteiger partial charge on any atom is -0.249 e. The fourth-order valence-corrected chi connectivity index (χ4v) is 3.25. The predicted octanol–water partition coefficient (Wildman–Crippen LogP) is 3.17. The van der Waals surface area contributed by atoms with Gasteiger partial charge in [-0.05, 0) is 32.4 Å². The van der Waals surface area contributed by atoms with E-state index in [0.717, 1.165) is 28.2 Å². The summed E-state index contributed by atoms with van der Waals surface area (Å²) in [5.74, 6) is 0.507. The summed E-state index contributed by atoms with van der Waals surface area (Å²) < 4.78 is 5.03. The van der Waals surface area contributed by atoms with E-state index < -0.39 is 0 Å². The molecule has 4 rings (SSSR count). The van der Waals surface area contributed by atoms with Crippen molar-refractivity contribution in [2.75, 3.05) is 0 Å². The number of hydrogen-bond acceptors (Lipinski definition) is 5. The lowest BCUT2D eigenvalue weighted by Crippen LogP contribution is -2.06. The quantitative estimate of drug-likeness (QED) is 0.487. The minimum atomic E-state index is 0.507. The molecular weight excluding hydrogens is 376 g/mol. The summed E-state index contributed by atoms with van der Waals surface area (Å²) in [6.07, 6.45) is 3.20. The van der Waals surface area contributed by atoms with Gasteiger partial charge in [0, 0.05) is 5.69 Å². The Hall–Kier alpha value is -3.26. The normalized spacial score (nSPS) is 11.6. The van der Waals surface area contributed by atoms with Crippen molar-refractivity contribution < 1.29 is 0 Å². The first kappa shape index (κ1) is 18.1. The highest BCUT2D eigenvalue weighted by molar-refractivity contribution is 6.32. The van der Waals surface area contributed by atoms with Gasteiger partial charge in [0.05, 0.1) is 29.7 Å². The molecule has 0 aliphatic heterocycles. The molecule has 0 aliphatic rings. The first-order valence-electron chi connectivity index (χ1n) is 8.78. The van der Waals surface area contributed by atoms with E-state index in [9.17, 15) is 0 Å². The van der Waals surface area contributed by atoms with Crippen LogP contribution < -0.4 is 0 Å². The molecule has 0 N–H and O–H groups in total. The van der Waals surface area contributed by atoms with Crippen molar-refractivity contribution in [1.29, 1.82) is 0 Å². The van der Waals surface area contributed by atoms with E-state index in [4.69, 9.17) is 11.6 Å². The van der Waals surface area contributed by atoms with E-state index >= 15 is 0 Å². The zero-order valence-corrected chi connectivity index (χ0v) is 16.5. The largest absolute Gasteiger partial charge is 0.273 e. The summed E-state index contributed by atoms with van der Waals surface area (Å²) in [6.45, 7) is 6.38. The number of nitrogens with zero attached hydrogens (tertiary/aromatic N) is 8. The molecule has 28 heavy (non-hydrogen) atoms. The molecule has 0 saturated heterocycles. The minimum absolute atomic E-state index is 0.507. The Balaban J connectivity index is 1.63. The van der Waals surface area contributed by atoms with Crippen LogP contribution in [0.25, 0.3) is 5.95 Å². The van der Waals surface area contributed by atoms with Crippen LogP contribution >= 0.6 is 11.6 Å². The maximum atomic E-state index is 6.56. The Morgan fingerprint density at radius 2 is 1.89 bits per heavy atom. The summed E-state index contributed by atoms with van der Waals surface area (Å²) in [7, 11) is 0. The van der Waals surface area contributed by atoms with Crippen LogP contribution in [0.2, 0.25) is 5.15 Å². The second-order valence-electron chi connectivity index (χ2n) is 6.49. The first-order chi connectivity index (χ1) is 13.5. The lowest BCUT2D eigenvalue weighted by molar-refractivity contribution is 0.680. The molecule has 3 aromatic heterocycles. The topological polar surface area (TPSA) is 78.7 Å². The van der Waals surface area contributed by atoms with Crippen LogP contribution in [0, 0.1) is 20.8 Å². The predicted molar refractivity (Wildman–Crippen MR) is 107 cm³/mol. The number of aromatic nitrogens is 7. The fraction of sp³-hybridized carbons (Fsp3) is 0.211. The van der Waals surface area contributed by atoms with Crippen LogP contribution in [0.5, 0.6) is 0 Å². The molecule has 0 unspecified atom stereocenters. The molecule has 9 heteroatoms. The van der Waals surface area contributed by atoms with Crippen molar-refractivity contribution in [3.05, 3.63) is 76.1 Å². The highest BCUT2D eigenvalue weighted by Crippen LogP contribution is 2.19. The fourth-order valence-electron chi connectivity index (χ4n) is 2.97. The van der Waals surface area contributed by atoms with Crippen LogP contribution in [0.3, 0.4) is 0 Å². The van der Waals surface area contributed by atoms with Gasteiger partial charge in [-0.1, -0.05) is 41.9 Å². The molecule has 0 bridgehead atoms. The average Bonchev–Trinajstić information content (AvgIpc) is 3.33. The van der Waals surface area contributed by atoms with Gasteiger partial charge < -0.3 is 0 Å². The molecule has 0 aliphatic carbocycles. The third-order valence-corrected chi connectivity index (χ3v) is 4.71. The van der Waals surface area contributed by atoms with Crippen LogP contribution in [0.1, 0.15) is 28.2 Å². The molecule has 142 valence electrons. The average molecular weight is 395 g/mol. The van der Waals surface area contributed by atoms with Gasteiger partial charge in [0.15, 0.2) is 0 Å². The third-order valence-electron chi connectivity index (χ3n) is 4.31. The Morgan fingerprint density at radius 3 is 2.61 bits per heavy atom. The van der Waals surface area contributed by atoms with Crippen LogP contribution in [-0.4, -0.2) is 40.6 Å². The molecule has 3 heterocycles. The molecule has 0 radical (unpaired) electrons. The molecule has 0 amide bonds. The van der Waals surface area contributed by atoms with Crippen molar-refractivity contribution in [3.8, 4) is 5.95 Å². The van der Waals surface area contributed by atoms with E-state index in [1.807, 2.05) is 57.2 Å². The summed E-state index contributed by atoms with van der Waals surface area (Å²) in [5.41, 5.74) is 4.53. The van der Waals surface area contributed by atoms with Gasteiger partial charge in [-0.25, -0.2) is 9.36 Å². The van der Waals surface area contributed by atoms with Crippen molar-refractivity contribution in [2.24, 2.45) is 5.10 Å². The number of halogens is 1. The summed E-state index contributed by atoms with van der Waals surface area (Å²) in [6, 6.07) is 12.0. The number of rotatable bonds is 5. The molecule has 0 saturated carbocycles. The Morgan fingerprint density at radius 1 is 1.11 bits per heavy atom. The van der Waals surface area contributed by atoms with Crippen molar-refractivity contribution >= 4 is 17.8 Å². The van der Waals surface area contributed by atoms with Crippen LogP contribution in [0.15, 0.2) is 47.8 Å². The van der Waals surface area contributed by atoms with E-state index in [2.05, 4.69) is 25.5 Å². The molecule has 4 aromatic rings. The summed E-state index contributed by atoms with van der Waals surface area (Å²) in [4.78, 5) is 0. The molecule has 0 spiro atoms. The van der Waals surface area contributed by atoms with E-state index in [-0.39, 0.29) is 0 Å². The Bertz CT molecular complexity index is 1140. The van der Waals surface area contributed by atoms with Crippen molar-refractivity contribution in [2.45, 2.75) is 27.3 Å². The first-order valence-corrected chi connectivity index (χ1v) is 9.15. The Labute approximate surface area is 167 Å². The monoisotopic (exact) mass is 394 g/mol. The smallest absolute Gasteiger partial charge is 0.249 e. The third kappa shape index (κ3) is 3.46. The number of aryl methyl sites for hydroxylation is 3. The van der Waals surface area contributed by atoms with Crippen molar-refractivity contribution in [1.82, 2.24) is 34.4 Å². The second-order valence-corrected chi connectivity index (χ2v) is 6.85. The van der Waals surface area contributed by atoms with Crippen LogP contribution in [-0.2, 0) is 6.54 Å². The molecular formula is C19H19ClN8. The highest BCUT2D eigenvalue weighted by atomic mass is 35.5. The summed E-state index contributed by atoms with van der Waals surface area (Å²) in [5, 5.41) is 22.1. The second kappa shape index (κ2) is 7.40. The maximum absolute atomic E-state index is 6.56. The highest BCUT2D eigenvalue weighted by Gasteiger charge is 2.14. The Kier molecular flexibility index (Phi) is 4.79. The van der Waals surface area contributed by atoms with Gasteiger partial charge >= 0.3 is 0 Å². The molecule has 1 aromatic carbocycles. The van der Waals surface area contributed by atoms with E-state index in [1.54, 1.807) is 20.3 Å². The van der Waals surface area contributed by atoms with Gasteiger partial charge in [-0.2, -0.15) is 20.0 Å². The standard InChI is InChI=1S/C19H19ClN8/c1-13-9-14(2)28(24-13)19-23-21-12-27(19)22-10-17-15(3)25-26(18(17)20)11-16-7-5-4-6-8-16/h4-10,12H,11H2,1-3H3/b22-10-. The zero-order chi connectivity index (χ0) is 19.7.